The maximum Gasteiger partial charge on any atom is 0.416 e. The number of anilines is 2. The first kappa shape index (κ1) is 33.5. The van der Waals surface area contributed by atoms with Crippen LogP contribution in [0.5, 0.6) is 0 Å². The third kappa shape index (κ3) is 7.67. The summed E-state index contributed by atoms with van der Waals surface area (Å²) >= 11 is 0. The zero-order valence-electron chi connectivity index (χ0n) is 25.9. The van der Waals surface area contributed by atoms with Crippen molar-refractivity contribution in [3.8, 4) is 0 Å². The second-order valence-corrected chi connectivity index (χ2v) is 13.0. The van der Waals surface area contributed by atoms with Crippen LogP contribution in [-0.4, -0.2) is 49.8 Å². The molecular weight excluding hydrogens is 630 g/mol. The van der Waals surface area contributed by atoms with Gasteiger partial charge < -0.3 is 24.7 Å². The number of aryl methyl sites for hydroxylation is 1. The molecule has 6 rings (SSSR count). The maximum atomic E-state index is 13.8. The van der Waals surface area contributed by atoms with Crippen LogP contribution >= 0.6 is 0 Å². The minimum Gasteiger partial charge on any atom is -0.372 e. The number of hydrogen-bond donors (Lipinski definition) is 2. The SMILES string of the molecule is Cn1nnc(N(Cc2cc(C(F)(F)F)cc(C(F)(F)F)c2)[C@H]2CCCN(CC3CCC(CC(O)O)CC3)c3cc4c(cc32)COC4)n1. The highest BCUT2D eigenvalue weighted by Crippen LogP contribution is 2.44. The summed E-state index contributed by atoms with van der Waals surface area (Å²) < 4.78 is 88.5. The summed E-state index contributed by atoms with van der Waals surface area (Å²) in [5.74, 6) is 0.762. The number of fused-ring (bicyclic) bond motifs is 2. The fraction of sp³-hybridized carbons (Fsp3) is 0.594. The van der Waals surface area contributed by atoms with Gasteiger partial charge in [0, 0.05) is 31.7 Å². The number of alkyl halides is 6. The smallest absolute Gasteiger partial charge is 0.372 e. The molecule has 0 radical (unpaired) electrons. The number of rotatable bonds is 8. The van der Waals surface area contributed by atoms with E-state index in [-0.39, 0.29) is 30.0 Å². The lowest BCUT2D eigenvalue weighted by Crippen LogP contribution is -2.33. The van der Waals surface area contributed by atoms with Gasteiger partial charge in [0.2, 0.25) is 0 Å². The molecule has 3 aliphatic rings. The second kappa shape index (κ2) is 13.2. The van der Waals surface area contributed by atoms with Crippen LogP contribution in [0, 0.1) is 11.8 Å². The molecule has 2 N–H and O–H groups in total. The van der Waals surface area contributed by atoms with Crippen LogP contribution in [0.15, 0.2) is 30.3 Å². The van der Waals surface area contributed by atoms with E-state index in [1.54, 1.807) is 11.9 Å². The van der Waals surface area contributed by atoms with Gasteiger partial charge in [-0.05, 0) is 108 Å². The van der Waals surface area contributed by atoms with Crippen molar-refractivity contribution in [2.75, 3.05) is 22.9 Å². The average molecular weight is 669 g/mol. The summed E-state index contributed by atoms with van der Waals surface area (Å²) in [6.07, 6.45) is -5.90. The van der Waals surface area contributed by atoms with Gasteiger partial charge in [-0.2, -0.15) is 31.1 Å². The molecular formula is C32H38F6N6O3. The van der Waals surface area contributed by atoms with Crippen molar-refractivity contribution < 1.29 is 41.3 Å². The molecule has 3 heterocycles. The fourth-order valence-electron chi connectivity index (χ4n) is 7.32. The topological polar surface area (TPSA) is 99.8 Å². The van der Waals surface area contributed by atoms with Gasteiger partial charge in [0.25, 0.3) is 5.95 Å². The average Bonchev–Trinajstić information content (AvgIpc) is 3.61. The van der Waals surface area contributed by atoms with Crippen molar-refractivity contribution in [3.05, 3.63) is 63.7 Å². The van der Waals surface area contributed by atoms with E-state index in [9.17, 15) is 36.6 Å². The van der Waals surface area contributed by atoms with E-state index in [0.29, 0.717) is 44.9 Å². The highest BCUT2D eigenvalue weighted by molar-refractivity contribution is 5.62. The molecule has 1 atom stereocenters. The lowest BCUT2D eigenvalue weighted by atomic mass is 9.80. The Bertz CT molecular complexity index is 1520. The van der Waals surface area contributed by atoms with Gasteiger partial charge in [-0.15, -0.1) is 5.10 Å². The number of halogens is 6. The monoisotopic (exact) mass is 668 g/mol. The first-order valence-corrected chi connectivity index (χ1v) is 15.9. The molecule has 0 bridgehead atoms. The zero-order valence-corrected chi connectivity index (χ0v) is 25.9. The molecule has 0 saturated heterocycles. The van der Waals surface area contributed by atoms with E-state index < -0.39 is 35.8 Å². The Kier molecular flexibility index (Phi) is 9.42. The first-order chi connectivity index (χ1) is 22.2. The lowest BCUT2D eigenvalue weighted by Gasteiger charge is -2.35. The van der Waals surface area contributed by atoms with Crippen molar-refractivity contribution in [2.24, 2.45) is 18.9 Å². The third-order valence-electron chi connectivity index (χ3n) is 9.59. The number of hydrogen-bond acceptors (Lipinski definition) is 8. The highest BCUT2D eigenvalue weighted by Gasteiger charge is 2.38. The molecule has 256 valence electrons. The van der Waals surface area contributed by atoms with Gasteiger partial charge in [0.05, 0.1) is 37.4 Å². The van der Waals surface area contributed by atoms with Gasteiger partial charge in [-0.3, -0.25) is 0 Å². The molecule has 15 heteroatoms. The predicted octanol–water partition coefficient (Wildman–Crippen LogP) is 6.13. The fourth-order valence-corrected chi connectivity index (χ4v) is 7.32. The Labute approximate surface area is 268 Å². The Balaban J connectivity index is 1.37. The van der Waals surface area contributed by atoms with Gasteiger partial charge in [0.1, 0.15) is 0 Å². The molecule has 2 aliphatic heterocycles. The summed E-state index contributed by atoms with van der Waals surface area (Å²) in [6.45, 7) is 2.04. The van der Waals surface area contributed by atoms with Gasteiger partial charge in [0.15, 0.2) is 6.29 Å². The van der Waals surface area contributed by atoms with E-state index >= 15 is 0 Å². The number of aromatic nitrogens is 4. The summed E-state index contributed by atoms with van der Waals surface area (Å²) in [7, 11) is 1.55. The number of benzene rings is 2. The molecule has 47 heavy (non-hydrogen) atoms. The zero-order chi connectivity index (χ0) is 33.5. The lowest BCUT2D eigenvalue weighted by molar-refractivity contribution is -0.143. The normalized spacial score (nSPS) is 21.9. The number of tetrazole rings is 1. The second-order valence-electron chi connectivity index (χ2n) is 13.0. The van der Waals surface area contributed by atoms with Crippen LogP contribution in [0.2, 0.25) is 0 Å². The molecule has 1 saturated carbocycles. The Morgan fingerprint density at radius 1 is 0.894 bits per heavy atom. The summed E-state index contributed by atoms with van der Waals surface area (Å²) in [5, 5.41) is 31.3. The van der Waals surface area contributed by atoms with Gasteiger partial charge in [-0.25, -0.2) is 0 Å². The molecule has 2 aromatic carbocycles. The van der Waals surface area contributed by atoms with E-state index in [4.69, 9.17) is 4.74 Å². The van der Waals surface area contributed by atoms with E-state index in [1.165, 1.54) is 4.80 Å². The third-order valence-corrected chi connectivity index (χ3v) is 9.59. The predicted molar refractivity (Wildman–Crippen MR) is 159 cm³/mol. The van der Waals surface area contributed by atoms with Crippen molar-refractivity contribution >= 4 is 11.6 Å². The van der Waals surface area contributed by atoms with Crippen molar-refractivity contribution in [1.29, 1.82) is 0 Å². The van der Waals surface area contributed by atoms with Crippen LogP contribution < -0.4 is 9.80 Å². The molecule has 0 unspecified atom stereocenters. The molecule has 3 aromatic rings. The quantitative estimate of drug-likeness (QED) is 0.219. The number of aliphatic hydroxyl groups is 2. The minimum absolute atomic E-state index is 0.101. The van der Waals surface area contributed by atoms with Crippen LogP contribution in [-0.2, 0) is 43.9 Å². The Morgan fingerprint density at radius 2 is 1.53 bits per heavy atom. The highest BCUT2D eigenvalue weighted by atomic mass is 19.4. The molecule has 1 aliphatic carbocycles. The van der Waals surface area contributed by atoms with Gasteiger partial charge >= 0.3 is 12.4 Å². The Hall–Kier alpha value is -3.43. The van der Waals surface area contributed by atoms with E-state index in [1.807, 2.05) is 0 Å². The number of aliphatic hydroxyl groups excluding tert-OH is 1. The maximum absolute atomic E-state index is 13.8. The van der Waals surface area contributed by atoms with E-state index in [2.05, 4.69) is 32.4 Å². The number of ether oxygens (including phenoxy) is 1. The van der Waals surface area contributed by atoms with Crippen LogP contribution in [0.1, 0.15) is 84.4 Å². The van der Waals surface area contributed by atoms with Gasteiger partial charge in [-0.1, -0.05) is 5.10 Å². The van der Waals surface area contributed by atoms with Crippen molar-refractivity contribution in [3.63, 3.8) is 0 Å². The van der Waals surface area contributed by atoms with Crippen molar-refractivity contribution in [1.82, 2.24) is 20.2 Å². The Morgan fingerprint density at radius 3 is 2.13 bits per heavy atom. The molecule has 0 spiro atoms. The summed E-state index contributed by atoms with van der Waals surface area (Å²) in [5.41, 5.74) is 0.963. The molecule has 1 fully saturated rings. The minimum atomic E-state index is -4.97. The molecule has 9 nitrogen and oxygen atoms in total. The number of nitrogens with zero attached hydrogens (tertiary/aromatic N) is 6. The van der Waals surface area contributed by atoms with Crippen LogP contribution in [0.4, 0.5) is 38.0 Å². The summed E-state index contributed by atoms with van der Waals surface area (Å²) in [4.78, 5) is 5.22. The van der Waals surface area contributed by atoms with E-state index in [0.717, 1.165) is 66.7 Å². The van der Waals surface area contributed by atoms with Crippen LogP contribution in [0.25, 0.3) is 0 Å². The van der Waals surface area contributed by atoms with Crippen molar-refractivity contribution in [2.45, 2.75) is 89.4 Å². The van der Waals surface area contributed by atoms with Crippen LogP contribution in [0.3, 0.4) is 0 Å². The summed E-state index contributed by atoms with van der Waals surface area (Å²) in [6, 6.07) is 5.33. The standard InChI is InChI=1S/C32H38F6N6O3/c1-42-40-30(39-41-42)44(16-21-9-24(31(33,34)35)14-25(10-21)32(36,37)38)27-3-2-8-43(15-20-6-4-19(5-7-20)11-29(45)46)28-13-23-18-47-17-22(23)12-26(27)28/h9-10,12-14,19-20,27,29,45-46H,2-8,11,15-18H2,1H3/t19?,20?,27-/m0/s1. The molecule has 1 aromatic heterocycles. The molecule has 0 amide bonds. The largest absolute Gasteiger partial charge is 0.416 e. The first-order valence-electron chi connectivity index (χ1n) is 15.9.